The molecule has 0 heterocycles. The summed E-state index contributed by atoms with van der Waals surface area (Å²) < 4.78 is 33.0. The fraction of sp³-hybridized carbons (Fsp3) is 0.250. The summed E-state index contributed by atoms with van der Waals surface area (Å²) >= 11 is 0. The van der Waals surface area contributed by atoms with E-state index >= 15 is 0 Å². The Kier molecular flexibility index (Phi) is 4.35. The number of benzene rings is 2. The Morgan fingerprint density at radius 1 is 1.05 bits per heavy atom. The van der Waals surface area contributed by atoms with Crippen LogP contribution in [0.5, 0.6) is 5.75 Å². The van der Waals surface area contributed by atoms with E-state index in [1.165, 1.54) is 12.1 Å². The van der Waals surface area contributed by atoms with E-state index in [9.17, 15) is 8.78 Å². The molecule has 2 aromatic carbocycles. The normalized spacial score (nSPS) is 13.0. The summed E-state index contributed by atoms with van der Waals surface area (Å²) in [7, 11) is 0. The second-order valence-corrected chi connectivity index (χ2v) is 4.72. The van der Waals surface area contributed by atoms with Crippen molar-refractivity contribution in [3.05, 3.63) is 65.7 Å². The van der Waals surface area contributed by atoms with Crippen LogP contribution in [0.1, 0.15) is 24.1 Å². The molecule has 0 radical (unpaired) electrons. The van der Waals surface area contributed by atoms with Gasteiger partial charge in [-0.2, -0.15) is 8.78 Å². The van der Waals surface area contributed by atoms with Gasteiger partial charge in [0, 0.05) is 11.6 Å². The Morgan fingerprint density at radius 2 is 1.65 bits per heavy atom. The van der Waals surface area contributed by atoms with Crippen LogP contribution in [0.4, 0.5) is 8.78 Å². The largest absolute Gasteiger partial charge is 0.487 e. The van der Waals surface area contributed by atoms with E-state index < -0.39 is 12.5 Å². The lowest BCUT2D eigenvalue weighted by atomic mass is 10.1. The average molecular weight is 277 g/mol. The molecule has 4 heteroatoms. The second-order valence-electron chi connectivity index (χ2n) is 4.72. The third kappa shape index (κ3) is 3.54. The van der Waals surface area contributed by atoms with Gasteiger partial charge in [0.2, 0.25) is 0 Å². The Bertz CT molecular complexity index is 538. The molecular formula is C16H17F2NO. The lowest BCUT2D eigenvalue weighted by molar-refractivity contribution is -0.0467. The smallest absolute Gasteiger partial charge is 0.306 e. The monoisotopic (exact) mass is 277 g/mol. The summed E-state index contributed by atoms with van der Waals surface area (Å²) in [6.07, 6.45) is 0. The van der Waals surface area contributed by atoms with Gasteiger partial charge < -0.3 is 10.5 Å². The van der Waals surface area contributed by atoms with Gasteiger partial charge in [0.15, 0.2) is 6.61 Å². The maximum Gasteiger partial charge on any atom is 0.306 e. The first kappa shape index (κ1) is 14.5. The van der Waals surface area contributed by atoms with Crippen molar-refractivity contribution in [1.82, 2.24) is 0 Å². The van der Waals surface area contributed by atoms with Gasteiger partial charge in [-0.3, -0.25) is 0 Å². The molecule has 0 unspecified atom stereocenters. The molecule has 106 valence electrons. The summed E-state index contributed by atoms with van der Waals surface area (Å²) in [5, 5.41) is 0. The average Bonchev–Trinajstić information content (AvgIpc) is 2.46. The van der Waals surface area contributed by atoms with Crippen LogP contribution >= 0.6 is 0 Å². The number of hydrogen-bond acceptors (Lipinski definition) is 2. The molecule has 2 nitrogen and oxygen atoms in total. The molecule has 2 aromatic rings. The summed E-state index contributed by atoms with van der Waals surface area (Å²) in [6.45, 7) is 1.17. The Hall–Kier alpha value is -1.94. The first-order valence-electron chi connectivity index (χ1n) is 6.41. The molecular weight excluding hydrogens is 260 g/mol. The predicted octanol–water partition coefficient (Wildman–Crippen LogP) is 3.88. The zero-order chi connectivity index (χ0) is 14.6. The molecule has 2 rings (SSSR count). The quantitative estimate of drug-likeness (QED) is 0.900. The summed E-state index contributed by atoms with van der Waals surface area (Å²) in [6, 6.07) is 14.4. The maximum atomic E-state index is 13.9. The van der Waals surface area contributed by atoms with Crippen molar-refractivity contribution in [2.45, 2.75) is 18.9 Å². The van der Waals surface area contributed by atoms with Crippen LogP contribution in [0.25, 0.3) is 0 Å². The molecule has 1 atom stereocenters. The van der Waals surface area contributed by atoms with Gasteiger partial charge in [0.05, 0.1) is 0 Å². The van der Waals surface area contributed by atoms with Crippen molar-refractivity contribution in [2.24, 2.45) is 5.73 Å². The van der Waals surface area contributed by atoms with Crippen molar-refractivity contribution < 1.29 is 13.5 Å². The lowest BCUT2D eigenvalue weighted by Gasteiger charge is -2.17. The molecule has 0 saturated heterocycles. The van der Waals surface area contributed by atoms with Crippen molar-refractivity contribution in [3.8, 4) is 5.75 Å². The van der Waals surface area contributed by atoms with Gasteiger partial charge in [0.1, 0.15) is 5.75 Å². The molecule has 0 spiro atoms. The van der Waals surface area contributed by atoms with Crippen molar-refractivity contribution in [2.75, 3.05) is 6.61 Å². The number of nitrogens with two attached hydrogens (primary N) is 1. The molecule has 0 aliphatic heterocycles. The van der Waals surface area contributed by atoms with E-state index in [-0.39, 0.29) is 11.6 Å². The molecule has 0 aromatic heterocycles. The van der Waals surface area contributed by atoms with Crippen LogP contribution in [0.15, 0.2) is 54.6 Å². The molecule has 0 bridgehead atoms. The third-order valence-electron chi connectivity index (χ3n) is 3.02. The molecule has 0 saturated carbocycles. The van der Waals surface area contributed by atoms with Crippen molar-refractivity contribution in [3.63, 3.8) is 0 Å². The van der Waals surface area contributed by atoms with Gasteiger partial charge in [-0.15, -0.1) is 0 Å². The van der Waals surface area contributed by atoms with Crippen LogP contribution in [0, 0.1) is 0 Å². The highest BCUT2D eigenvalue weighted by molar-refractivity contribution is 5.29. The standard InChI is InChI=1S/C16H17F2NO/c1-12(19)13-7-9-15(10-8-13)20-11-16(17,18)14-5-3-2-4-6-14/h2-10,12H,11,19H2,1H3/t12-/m1/s1. The van der Waals surface area contributed by atoms with Gasteiger partial charge in [0.25, 0.3) is 0 Å². The third-order valence-corrected chi connectivity index (χ3v) is 3.02. The van der Waals surface area contributed by atoms with E-state index in [0.29, 0.717) is 5.75 Å². The van der Waals surface area contributed by atoms with Crippen LogP contribution in [0.3, 0.4) is 0 Å². The van der Waals surface area contributed by atoms with Gasteiger partial charge in [-0.25, -0.2) is 0 Å². The minimum atomic E-state index is -3.01. The highest BCUT2D eigenvalue weighted by Gasteiger charge is 2.32. The topological polar surface area (TPSA) is 35.2 Å². The predicted molar refractivity (Wildman–Crippen MR) is 74.9 cm³/mol. The fourth-order valence-corrected chi connectivity index (χ4v) is 1.81. The van der Waals surface area contributed by atoms with E-state index in [1.54, 1.807) is 42.5 Å². The fourth-order valence-electron chi connectivity index (χ4n) is 1.81. The second kappa shape index (κ2) is 6.01. The molecule has 2 N–H and O–H groups in total. The summed E-state index contributed by atoms with van der Waals surface area (Å²) in [5.41, 5.74) is 6.61. The van der Waals surface area contributed by atoms with E-state index in [2.05, 4.69) is 0 Å². The molecule has 0 amide bonds. The van der Waals surface area contributed by atoms with Gasteiger partial charge in [-0.05, 0) is 24.6 Å². The minimum Gasteiger partial charge on any atom is -0.487 e. The SMILES string of the molecule is C[C@@H](N)c1ccc(OCC(F)(F)c2ccccc2)cc1. The molecule has 0 aliphatic rings. The minimum absolute atomic E-state index is 0.0489. The number of hydrogen-bond donors (Lipinski definition) is 1. The number of alkyl halides is 2. The summed E-state index contributed by atoms with van der Waals surface area (Å²) in [5.74, 6) is -2.61. The number of rotatable bonds is 5. The Morgan fingerprint density at radius 3 is 2.20 bits per heavy atom. The highest BCUT2D eigenvalue weighted by Crippen LogP contribution is 2.28. The first-order chi connectivity index (χ1) is 9.49. The van der Waals surface area contributed by atoms with Crippen LogP contribution < -0.4 is 10.5 Å². The van der Waals surface area contributed by atoms with E-state index in [0.717, 1.165) is 5.56 Å². The van der Waals surface area contributed by atoms with Gasteiger partial charge >= 0.3 is 5.92 Å². The van der Waals surface area contributed by atoms with Crippen LogP contribution in [0.2, 0.25) is 0 Å². The highest BCUT2D eigenvalue weighted by atomic mass is 19.3. The van der Waals surface area contributed by atoms with Crippen molar-refractivity contribution in [1.29, 1.82) is 0 Å². The molecule has 20 heavy (non-hydrogen) atoms. The lowest BCUT2D eigenvalue weighted by Crippen LogP contribution is -2.23. The Balaban J connectivity index is 2.01. The van der Waals surface area contributed by atoms with Crippen LogP contribution in [-0.4, -0.2) is 6.61 Å². The first-order valence-corrected chi connectivity index (χ1v) is 6.41. The summed E-state index contributed by atoms with van der Waals surface area (Å²) in [4.78, 5) is 0. The molecule has 0 aliphatic carbocycles. The maximum absolute atomic E-state index is 13.9. The van der Waals surface area contributed by atoms with E-state index in [4.69, 9.17) is 10.5 Å². The van der Waals surface area contributed by atoms with Crippen LogP contribution in [-0.2, 0) is 5.92 Å². The zero-order valence-corrected chi connectivity index (χ0v) is 11.2. The Labute approximate surface area is 117 Å². The van der Waals surface area contributed by atoms with Crippen molar-refractivity contribution >= 4 is 0 Å². The van der Waals surface area contributed by atoms with E-state index in [1.807, 2.05) is 6.92 Å². The van der Waals surface area contributed by atoms with Gasteiger partial charge in [-0.1, -0.05) is 42.5 Å². The zero-order valence-electron chi connectivity index (χ0n) is 11.2. The number of ether oxygens (including phenoxy) is 1. The molecule has 0 fully saturated rings. The number of halogens is 2.